The average Bonchev–Trinajstić information content (AvgIpc) is 2.51. The van der Waals surface area contributed by atoms with Gasteiger partial charge in [0.05, 0.1) is 6.04 Å². The van der Waals surface area contributed by atoms with Crippen LogP contribution in [0.4, 0.5) is 5.69 Å². The molecule has 5 nitrogen and oxygen atoms in total. The van der Waals surface area contributed by atoms with Gasteiger partial charge in [-0.2, -0.15) is 0 Å². The Hall–Kier alpha value is -1.75. The molecule has 0 aliphatic carbocycles. The molecule has 0 bridgehead atoms. The van der Waals surface area contributed by atoms with Crippen LogP contribution in [0.2, 0.25) is 5.02 Å². The summed E-state index contributed by atoms with van der Waals surface area (Å²) >= 11 is 6.20. The molecule has 6 heteroatoms. The van der Waals surface area contributed by atoms with Crippen molar-refractivity contribution in [3.8, 4) is 0 Å². The van der Waals surface area contributed by atoms with Crippen molar-refractivity contribution in [3.05, 3.63) is 28.8 Å². The van der Waals surface area contributed by atoms with Crippen LogP contribution in [0.3, 0.4) is 0 Å². The van der Waals surface area contributed by atoms with Gasteiger partial charge in [0.2, 0.25) is 0 Å². The molecule has 3 heterocycles. The molecule has 1 spiro atoms. The Bertz CT molecular complexity index is 740. The zero-order chi connectivity index (χ0) is 18.0. The van der Waals surface area contributed by atoms with Gasteiger partial charge in [-0.3, -0.25) is 9.59 Å². The number of nitrogens with zero attached hydrogens (tertiary/aromatic N) is 1. The number of halogens is 1. The molecular weight excluding hydrogens is 342 g/mol. The zero-order valence-corrected chi connectivity index (χ0v) is 15.4. The number of anilines is 1. The average molecular weight is 364 g/mol. The fourth-order valence-electron chi connectivity index (χ4n) is 4.42. The van der Waals surface area contributed by atoms with Gasteiger partial charge in [-0.15, -0.1) is 0 Å². The number of cyclic esters (lactones) is 2. The minimum Gasteiger partial charge on any atom is -0.422 e. The van der Waals surface area contributed by atoms with Crippen molar-refractivity contribution in [1.82, 2.24) is 0 Å². The molecule has 2 fully saturated rings. The highest BCUT2D eigenvalue weighted by Crippen LogP contribution is 2.50. The maximum Gasteiger partial charge on any atom is 0.329 e. The van der Waals surface area contributed by atoms with E-state index >= 15 is 0 Å². The predicted molar refractivity (Wildman–Crippen MR) is 93.4 cm³/mol. The van der Waals surface area contributed by atoms with Crippen molar-refractivity contribution in [2.75, 3.05) is 11.4 Å². The fraction of sp³-hybridized carbons (Fsp3) is 0.579. The van der Waals surface area contributed by atoms with Crippen LogP contribution < -0.4 is 4.90 Å². The van der Waals surface area contributed by atoms with E-state index in [0.717, 1.165) is 30.6 Å². The monoisotopic (exact) mass is 363 g/mol. The first-order chi connectivity index (χ1) is 11.7. The van der Waals surface area contributed by atoms with Crippen molar-refractivity contribution in [2.24, 2.45) is 11.3 Å². The number of fused-ring (bicyclic) bond motifs is 4. The molecule has 0 N–H and O–H groups in total. The summed E-state index contributed by atoms with van der Waals surface area (Å²) in [4.78, 5) is 28.3. The second-order valence-electron chi connectivity index (χ2n) is 7.94. The van der Waals surface area contributed by atoms with E-state index < -0.39 is 23.1 Å². The number of piperidine rings is 1. The maximum absolute atomic E-state index is 13.1. The number of carbonyl (C=O) groups excluding carboxylic acids is 2. The van der Waals surface area contributed by atoms with E-state index in [1.165, 1.54) is 0 Å². The van der Waals surface area contributed by atoms with Crippen LogP contribution in [0.25, 0.3) is 0 Å². The molecular formula is C19H22ClNO4. The summed E-state index contributed by atoms with van der Waals surface area (Å²) in [5, 5.41) is 0.655. The lowest BCUT2D eigenvalue weighted by Gasteiger charge is -2.54. The van der Waals surface area contributed by atoms with Crippen LogP contribution in [0.1, 0.15) is 39.2 Å². The lowest BCUT2D eigenvalue weighted by atomic mass is 9.66. The first-order valence-corrected chi connectivity index (χ1v) is 9.13. The summed E-state index contributed by atoms with van der Waals surface area (Å²) < 4.78 is 11.1. The van der Waals surface area contributed by atoms with E-state index in [-0.39, 0.29) is 6.04 Å². The zero-order valence-electron chi connectivity index (χ0n) is 14.7. The van der Waals surface area contributed by atoms with Gasteiger partial charge in [0.15, 0.2) is 5.41 Å². The van der Waals surface area contributed by atoms with E-state index in [1.807, 2.05) is 12.1 Å². The summed E-state index contributed by atoms with van der Waals surface area (Å²) in [6.45, 7) is 6.12. The van der Waals surface area contributed by atoms with E-state index in [4.69, 9.17) is 21.1 Å². The van der Waals surface area contributed by atoms with Gasteiger partial charge in [-0.25, -0.2) is 0 Å². The molecule has 1 aromatic carbocycles. The van der Waals surface area contributed by atoms with Crippen molar-refractivity contribution >= 4 is 29.2 Å². The van der Waals surface area contributed by atoms with Crippen LogP contribution in [0, 0.1) is 11.3 Å². The number of hydrogen-bond acceptors (Lipinski definition) is 5. The summed E-state index contributed by atoms with van der Waals surface area (Å²) in [6, 6.07) is 5.35. The van der Waals surface area contributed by atoms with Crippen LogP contribution >= 0.6 is 11.6 Å². The third-order valence-electron chi connectivity index (χ3n) is 5.67. The Balaban J connectivity index is 1.86. The molecule has 4 rings (SSSR count). The van der Waals surface area contributed by atoms with Gasteiger partial charge in [0, 0.05) is 37.5 Å². The Morgan fingerprint density at radius 3 is 2.56 bits per heavy atom. The molecule has 1 aromatic rings. The quantitative estimate of drug-likeness (QED) is 0.522. The number of ether oxygens (including phenoxy) is 2. The van der Waals surface area contributed by atoms with Crippen molar-refractivity contribution in [2.45, 2.75) is 51.9 Å². The SMILES string of the molecule is CC1CCN2c3cc(Cl)ccc3CC3(C(=O)OC(C)(C)OC3=O)C2C1. The van der Waals surface area contributed by atoms with E-state index in [9.17, 15) is 9.59 Å². The second kappa shape index (κ2) is 5.37. The fourth-order valence-corrected chi connectivity index (χ4v) is 4.58. The van der Waals surface area contributed by atoms with E-state index in [2.05, 4.69) is 11.8 Å². The summed E-state index contributed by atoms with van der Waals surface area (Å²) in [6.07, 6.45) is 2.05. The van der Waals surface area contributed by atoms with Gasteiger partial charge in [-0.1, -0.05) is 24.6 Å². The molecule has 134 valence electrons. The minimum absolute atomic E-state index is 0.265. The Morgan fingerprint density at radius 1 is 1.20 bits per heavy atom. The number of rotatable bonds is 0. The molecule has 3 aliphatic rings. The van der Waals surface area contributed by atoms with Crippen LogP contribution in [0.15, 0.2) is 18.2 Å². The third kappa shape index (κ3) is 2.43. The highest BCUT2D eigenvalue weighted by atomic mass is 35.5. The van der Waals surface area contributed by atoms with Crippen molar-refractivity contribution in [1.29, 1.82) is 0 Å². The minimum atomic E-state index is -1.30. The first-order valence-electron chi connectivity index (χ1n) is 8.75. The van der Waals surface area contributed by atoms with Crippen LogP contribution in [0.5, 0.6) is 0 Å². The van der Waals surface area contributed by atoms with Crippen LogP contribution in [-0.4, -0.2) is 30.3 Å². The topological polar surface area (TPSA) is 55.8 Å². The largest absolute Gasteiger partial charge is 0.422 e. The summed E-state index contributed by atoms with van der Waals surface area (Å²) in [7, 11) is 0. The van der Waals surface area contributed by atoms with E-state index in [0.29, 0.717) is 17.4 Å². The highest BCUT2D eigenvalue weighted by molar-refractivity contribution is 6.30. The van der Waals surface area contributed by atoms with Gasteiger partial charge in [0.1, 0.15) is 0 Å². The molecule has 2 saturated heterocycles. The summed E-state index contributed by atoms with van der Waals surface area (Å²) in [5.74, 6) is -1.74. The van der Waals surface area contributed by atoms with Crippen molar-refractivity contribution in [3.63, 3.8) is 0 Å². The normalized spacial score (nSPS) is 29.5. The maximum atomic E-state index is 13.1. The highest BCUT2D eigenvalue weighted by Gasteiger charge is 2.64. The second-order valence-corrected chi connectivity index (χ2v) is 8.38. The standard InChI is InChI=1S/C19H22ClNO4/c1-11-6-7-21-14-9-13(20)5-4-12(14)10-19(15(21)8-11)16(22)24-18(2,3)25-17(19)23/h4-5,9,11,15H,6-8,10H2,1-3H3. The molecule has 0 aromatic heterocycles. The molecule has 3 aliphatic heterocycles. The Kier molecular flexibility index (Phi) is 3.59. The van der Waals surface area contributed by atoms with Crippen LogP contribution in [-0.2, 0) is 25.5 Å². The first kappa shape index (κ1) is 16.7. The Morgan fingerprint density at radius 2 is 1.88 bits per heavy atom. The number of benzene rings is 1. The predicted octanol–water partition coefficient (Wildman–Crippen LogP) is 3.32. The molecule has 0 radical (unpaired) electrons. The van der Waals surface area contributed by atoms with Gasteiger partial charge >= 0.3 is 11.9 Å². The van der Waals surface area contributed by atoms with E-state index in [1.54, 1.807) is 19.9 Å². The number of carbonyl (C=O) groups is 2. The molecule has 2 unspecified atom stereocenters. The molecule has 0 amide bonds. The van der Waals surface area contributed by atoms with Crippen molar-refractivity contribution < 1.29 is 19.1 Å². The molecule has 2 atom stereocenters. The smallest absolute Gasteiger partial charge is 0.329 e. The number of esters is 2. The van der Waals surface area contributed by atoms with Gasteiger partial charge in [-0.05, 0) is 36.5 Å². The summed E-state index contributed by atoms with van der Waals surface area (Å²) in [5.41, 5.74) is 0.648. The lowest BCUT2D eigenvalue weighted by Crippen LogP contribution is -2.67. The van der Waals surface area contributed by atoms with Gasteiger partial charge < -0.3 is 14.4 Å². The van der Waals surface area contributed by atoms with Gasteiger partial charge in [0.25, 0.3) is 5.79 Å². The third-order valence-corrected chi connectivity index (χ3v) is 5.90. The lowest BCUT2D eigenvalue weighted by molar-refractivity contribution is -0.253. The molecule has 25 heavy (non-hydrogen) atoms. The number of hydrogen-bond donors (Lipinski definition) is 0. The Labute approximate surface area is 152 Å². The molecule has 0 saturated carbocycles.